The summed E-state index contributed by atoms with van der Waals surface area (Å²) in [4.78, 5) is 14.1. The van der Waals surface area contributed by atoms with Gasteiger partial charge in [0.05, 0.1) is 15.4 Å². The second-order valence-corrected chi connectivity index (χ2v) is 8.86. The molecule has 3 rings (SSSR count). The predicted molar refractivity (Wildman–Crippen MR) is 108 cm³/mol. The number of rotatable bonds is 5. The van der Waals surface area contributed by atoms with Gasteiger partial charge >= 0.3 is 6.18 Å². The van der Waals surface area contributed by atoms with Crippen LogP contribution in [0.3, 0.4) is 0 Å². The van der Waals surface area contributed by atoms with Gasteiger partial charge in [0.1, 0.15) is 0 Å². The number of benzene rings is 2. The average Bonchev–Trinajstić information content (AvgIpc) is 2.92. The Morgan fingerprint density at radius 1 is 1.03 bits per heavy atom. The van der Waals surface area contributed by atoms with Crippen LogP contribution in [0.15, 0.2) is 47.4 Å². The maximum Gasteiger partial charge on any atom is 0.416 e. The van der Waals surface area contributed by atoms with E-state index in [2.05, 4.69) is 4.90 Å². The molecule has 8 nitrogen and oxygen atoms in total. The monoisotopic (exact) mass is 458 g/mol. The zero-order valence-corrected chi connectivity index (χ0v) is 17.2. The first kappa shape index (κ1) is 23.0. The Hall–Kier alpha value is -2.70. The summed E-state index contributed by atoms with van der Waals surface area (Å²) in [5.41, 5.74) is 0.0601. The SMILES string of the molecule is NS(=O)(=O)c1cc(N2CCCN(Cc3ccc(C(F)(F)F)cc3)CC2)cc([N+](=O)[O-])c1. The molecule has 1 heterocycles. The molecule has 0 amide bonds. The van der Waals surface area contributed by atoms with Crippen molar-refractivity contribution in [1.29, 1.82) is 0 Å². The van der Waals surface area contributed by atoms with E-state index in [1.54, 1.807) is 0 Å². The van der Waals surface area contributed by atoms with Crippen molar-refractivity contribution in [3.63, 3.8) is 0 Å². The smallest absolute Gasteiger partial charge is 0.370 e. The van der Waals surface area contributed by atoms with Crippen molar-refractivity contribution in [3.05, 3.63) is 63.7 Å². The quantitative estimate of drug-likeness (QED) is 0.545. The molecule has 2 N–H and O–H groups in total. The number of hydrogen-bond acceptors (Lipinski definition) is 6. The van der Waals surface area contributed by atoms with Crippen LogP contribution in [0.25, 0.3) is 0 Å². The number of anilines is 1. The molecule has 0 atom stereocenters. The van der Waals surface area contributed by atoms with Crippen molar-refractivity contribution < 1.29 is 26.5 Å². The third-order valence-corrected chi connectivity index (χ3v) is 5.95. The fourth-order valence-corrected chi connectivity index (χ4v) is 4.03. The molecule has 2 aromatic carbocycles. The average molecular weight is 458 g/mol. The van der Waals surface area contributed by atoms with E-state index < -0.39 is 26.7 Å². The van der Waals surface area contributed by atoms with Crippen LogP contribution in [0.1, 0.15) is 17.5 Å². The van der Waals surface area contributed by atoms with E-state index >= 15 is 0 Å². The normalized spacial score (nSPS) is 16.2. The van der Waals surface area contributed by atoms with Gasteiger partial charge in [0, 0.05) is 50.5 Å². The van der Waals surface area contributed by atoms with E-state index in [0.29, 0.717) is 44.8 Å². The Kier molecular flexibility index (Phi) is 6.53. The lowest BCUT2D eigenvalue weighted by Gasteiger charge is -2.24. The van der Waals surface area contributed by atoms with Gasteiger partial charge in [-0.1, -0.05) is 12.1 Å². The number of primary sulfonamides is 1. The van der Waals surface area contributed by atoms with Crippen LogP contribution in [-0.4, -0.2) is 44.4 Å². The minimum atomic E-state index is -4.38. The van der Waals surface area contributed by atoms with E-state index in [-0.39, 0.29) is 10.6 Å². The first-order valence-corrected chi connectivity index (χ1v) is 10.9. The molecule has 12 heteroatoms. The van der Waals surface area contributed by atoms with Gasteiger partial charge in [-0.05, 0) is 30.2 Å². The Morgan fingerprint density at radius 2 is 1.71 bits per heavy atom. The number of nitro groups is 1. The second-order valence-electron chi connectivity index (χ2n) is 7.30. The Bertz CT molecular complexity index is 1060. The molecule has 168 valence electrons. The molecule has 0 saturated carbocycles. The molecular weight excluding hydrogens is 437 g/mol. The van der Waals surface area contributed by atoms with E-state index in [4.69, 9.17) is 5.14 Å². The van der Waals surface area contributed by atoms with Crippen LogP contribution in [0.2, 0.25) is 0 Å². The highest BCUT2D eigenvalue weighted by Gasteiger charge is 2.30. The maximum absolute atomic E-state index is 12.7. The number of nitrogens with two attached hydrogens (primary N) is 1. The van der Waals surface area contributed by atoms with Gasteiger partial charge in [0.25, 0.3) is 5.69 Å². The van der Waals surface area contributed by atoms with Crippen LogP contribution in [-0.2, 0) is 22.7 Å². The first-order valence-electron chi connectivity index (χ1n) is 9.39. The largest absolute Gasteiger partial charge is 0.416 e. The molecule has 1 saturated heterocycles. The zero-order valence-electron chi connectivity index (χ0n) is 16.4. The van der Waals surface area contributed by atoms with E-state index in [0.717, 1.165) is 23.8 Å². The van der Waals surface area contributed by atoms with Crippen LogP contribution in [0.5, 0.6) is 0 Å². The predicted octanol–water partition coefficient (Wildman–Crippen LogP) is 2.97. The molecule has 1 aliphatic heterocycles. The first-order chi connectivity index (χ1) is 14.4. The van der Waals surface area contributed by atoms with E-state index in [1.165, 1.54) is 24.3 Å². The van der Waals surface area contributed by atoms with Gasteiger partial charge in [-0.2, -0.15) is 13.2 Å². The summed E-state index contributed by atoms with van der Waals surface area (Å²) < 4.78 is 61.6. The maximum atomic E-state index is 12.7. The van der Waals surface area contributed by atoms with Crippen molar-refractivity contribution in [2.24, 2.45) is 5.14 Å². The summed E-state index contributed by atoms with van der Waals surface area (Å²) >= 11 is 0. The molecule has 0 aliphatic carbocycles. The van der Waals surface area contributed by atoms with Crippen molar-refractivity contribution in [2.45, 2.75) is 24.0 Å². The molecule has 1 aliphatic rings. The van der Waals surface area contributed by atoms with Crippen LogP contribution in [0, 0.1) is 10.1 Å². The lowest BCUT2D eigenvalue weighted by atomic mass is 10.1. The highest BCUT2D eigenvalue weighted by Crippen LogP contribution is 2.30. The highest BCUT2D eigenvalue weighted by atomic mass is 32.2. The zero-order chi connectivity index (χ0) is 22.8. The summed E-state index contributed by atoms with van der Waals surface area (Å²) in [7, 11) is -4.12. The minimum Gasteiger partial charge on any atom is -0.370 e. The van der Waals surface area contributed by atoms with Gasteiger partial charge in [0.15, 0.2) is 0 Å². The molecule has 0 aromatic heterocycles. The topological polar surface area (TPSA) is 110 Å². The van der Waals surface area contributed by atoms with Crippen molar-refractivity contribution in [1.82, 2.24) is 4.90 Å². The molecule has 1 fully saturated rings. The van der Waals surface area contributed by atoms with E-state index in [1.807, 2.05) is 4.90 Å². The number of sulfonamides is 1. The lowest BCUT2D eigenvalue weighted by molar-refractivity contribution is -0.385. The molecule has 2 aromatic rings. The van der Waals surface area contributed by atoms with Gasteiger partial charge < -0.3 is 4.90 Å². The summed E-state index contributed by atoms with van der Waals surface area (Å²) in [6.07, 6.45) is -3.69. The number of alkyl halides is 3. The Labute approximate surface area is 177 Å². The van der Waals surface area contributed by atoms with Crippen molar-refractivity contribution in [2.75, 3.05) is 31.1 Å². The molecule has 0 unspecified atom stereocenters. The molecule has 0 bridgehead atoms. The molecular formula is C19H21F3N4O4S. The van der Waals surface area contributed by atoms with Crippen molar-refractivity contribution >= 4 is 21.4 Å². The second kappa shape index (κ2) is 8.81. The number of halogens is 3. The fraction of sp³-hybridized carbons (Fsp3) is 0.368. The number of non-ortho nitro benzene ring substituents is 1. The number of hydrogen-bond donors (Lipinski definition) is 1. The van der Waals surface area contributed by atoms with Gasteiger partial charge in [0.2, 0.25) is 10.0 Å². The van der Waals surface area contributed by atoms with E-state index in [9.17, 15) is 31.7 Å². The summed E-state index contributed by atoms with van der Waals surface area (Å²) in [6.45, 7) is 2.69. The third kappa shape index (κ3) is 5.93. The van der Waals surface area contributed by atoms with Gasteiger partial charge in [-0.25, -0.2) is 13.6 Å². The molecule has 0 radical (unpaired) electrons. The summed E-state index contributed by atoms with van der Waals surface area (Å²) in [6, 6.07) is 8.55. The number of nitro benzene ring substituents is 1. The minimum absolute atomic E-state index is 0.331. The highest BCUT2D eigenvalue weighted by molar-refractivity contribution is 7.89. The van der Waals surface area contributed by atoms with Gasteiger partial charge in [-0.3, -0.25) is 15.0 Å². The Balaban J connectivity index is 1.73. The third-order valence-electron chi connectivity index (χ3n) is 5.06. The standard InChI is InChI=1S/C19H21F3N4O4S/c20-19(21,22)15-4-2-14(3-5-15)13-24-6-1-7-25(9-8-24)16-10-17(26(27)28)12-18(11-16)31(23,29)30/h2-5,10-12H,1,6-9,13H2,(H2,23,29,30). The summed E-state index contributed by atoms with van der Waals surface area (Å²) in [5, 5.41) is 16.3. The Morgan fingerprint density at radius 3 is 2.29 bits per heavy atom. The van der Waals surface area contributed by atoms with Crippen LogP contribution < -0.4 is 10.0 Å². The molecule has 0 spiro atoms. The fourth-order valence-electron chi connectivity index (χ4n) is 3.46. The lowest BCUT2D eigenvalue weighted by Crippen LogP contribution is -2.30. The van der Waals surface area contributed by atoms with Crippen LogP contribution >= 0.6 is 0 Å². The van der Waals surface area contributed by atoms with Gasteiger partial charge in [-0.15, -0.1) is 0 Å². The number of nitrogens with zero attached hydrogens (tertiary/aromatic N) is 3. The van der Waals surface area contributed by atoms with Crippen molar-refractivity contribution in [3.8, 4) is 0 Å². The molecule has 31 heavy (non-hydrogen) atoms. The summed E-state index contributed by atoms with van der Waals surface area (Å²) in [5.74, 6) is 0. The van der Waals surface area contributed by atoms with Crippen LogP contribution in [0.4, 0.5) is 24.5 Å².